The molecule has 17 heavy (non-hydrogen) atoms. The molecule has 3 heteroatoms. The second-order valence-electron chi connectivity index (χ2n) is 6.45. The van der Waals surface area contributed by atoms with Gasteiger partial charge in [0.05, 0.1) is 11.2 Å². The zero-order valence-electron chi connectivity index (χ0n) is 12.8. The highest BCUT2D eigenvalue weighted by atomic mass is 15.3. The SMILES string of the molecule is Cc1nc(C(C)(C)N(C)C(C)(C)C)n(C)c1C. The highest BCUT2D eigenvalue weighted by molar-refractivity contribution is 5.19. The van der Waals surface area contributed by atoms with Crippen molar-refractivity contribution in [2.75, 3.05) is 7.05 Å². The Hall–Kier alpha value is -0.830. The zero-order valence-corrected chi connectivity index (χ0v) is 12.8. The van der Waals surface area contributed by atoms with E-state index in [4.69, 9.17) is 4.98 Å². The van der Waals surface area contributed by atoms with Gasteiger partial charge in [-0.25, -0.2) is 4.98 Å². The summed E-state index contributed by atoms with van der Waals surface area (Å²) in [4.78, 5) is 7.11. The third kappa shape index (κ3) is 2.39. The number of hydrogen-bond acceptors (Lipinski definition) is 2. The molecule has 98 valence electrons. The standard InChI is InChI=1S/C14H27N3/c1-10-11(2)16(8)12(15-10)14(6,7)17(9)13(3,4)5/h1-9H3. The van der Waals surface area contributed by atoms with Crippen LogP contribution in [0.2, 0.25) is 0 Å². The Morgan fingerprint density at radius 3 is 1.82 bits per heavy atom. The number of aromatic nitrogens is 2. The summed E-state index contributed by atoms with van der Waals surface area (Å²) in [5, 5.41) is 0. The fourth-order valence-corrected chi connectivity index (χ4v) is 2.25. The molecule has 0 aliphatic carbocycles. The molecule has 0 bridgehead atoms. The third-order valence-corrected chi connectivity index (χ3v) is 4.01. The fourth-order valence-electron chi connectivity index (χ4n) is 2.25. The van der Waals surface area contributed by atoms with E-state index in [0.29, 0.717) is 0 Å². The van der Waals surface area contributed by atoms with Crippen LogP contribution in [-0.2, 0) is 12.6 Å². The van der Waals surface area contributed by atoms with Crippen LogP contribution in [0.15, 0.2) is 0 Å². The van der Waals surface area contributed by atoms with Crippen LogP contribution in [0.4, 0.5) is 0 Å². The van der Waals surface area contributed by atoms with Gasteiger partial charge < -0.3 is 4.57 Å². The van der Waals surface area contributed by atoms with Crippen molar-refractivity contribution in [3.05, 3.63) is 17.2 Å². The molecule has 0 aliphatic heterocycles. The molecule has 0 fully saturated rings. The van der Waals surface area contributed by atoms with Crippen LogP contribution >= 0.6 is 0 Å². The van der Waals surface area contributed by atoms with Crippen molar-refractivity contribution < 1.29 is 0 Å². The molecule has 0 aliphatic rings. The minimum absolute atomic E-state index is 0.0774. The van der Waals surface area contributed by atoms with Gasteiger partial charge in [-0.15, -0.1) is 0 Å². The molecule has 0 atom stereocenters. The van der Waals surface area contributed by atoms with Gasteiger partial charge in [-0.3, -0.25) is 4.90 Å². The van der Waals surface area contributed by atoms with E-state index < -0.39 is 0 Å². The van der Waals surface area contributed by atoms with E-state index in [1.165, 1.54) is 5.69 Å². The van der Waals surface area contributed by atoms with Gasteiger partial charge in [-0.2, -0.15) is 0 Å². The minimum Gasteiger partial charge on any atom is -0.334 e. The van der Waals surface area contributed by atoms with Crippen LogP contribution in [0, 0.1) is 13.8 Å². The van der Waals surface area contributed by atoms with Gasteiger partial charge in [-0.05, 0) is 55.5 Å². The first-order valence-corrected chi connectivity index (χ1v) is 6.24. The van der Waals surface area contributed by atoms with E-state index >= 15 is 0 Å². The molecular weight excluding hydrogens is 210 g/mol. The molecule has 0 spiro atoms. The summed E-state index contributed by atoms with van der Waals surface area (Å²) in [6.07, 6.45) is 0. The van der Waals surface area contributed by atoms with Gasteiger partial charge in [0, 0.05) is 18.3 Å². The third-order valence-electron chi connectivity index (χ3n) is 4.01. The van der Waals surface area contributed by atoms with E-state index in [9.17, 15) is 0 Å². The van der Waals surface area contributed by atoms with E-state index in [1.54, 1.807) is 0 Å². The Labute approximate surface area is 106 Å². The van der Waals surface area contributed by atoms with Gasteiger partial charge in [-0.1, -0.05) is 0 Å². The summed E-state index contributed by atoms with van der Waals surface area (Å²) in [7, 11) is 4.27. The fraction of sp³-hybridized carbons (Fsp3) is 0.786. The maximum atomic E-state index is 4.74. The van der Waals surface area contributed by atoms with E-state index in [1.807, 2.05) is 0 Å². The van der Waals surface area contributed by atoms with Crippen LogP contribution in [-0.4, -0.2) is 27.0 Å². The largest absolute Gasteiger partial charge is 0.334 e. The molecular formula is C14H27N3. The summed E-state index contributed by atoms with van der Waals surface area (Å²) in [6.45, 7) is 15.4. The quantitative estimate of drug-likeness (QED) is 0.788. The first-order chi connectivity index (χ1) is 7.49. The Bertz CT molecular complexity index is 408. The maximum absolute atomic E-state index is 4.74. The zero-order chi connectivity index (χ0) is 13.6. The van der Waals surface area contributed by atoms with E-state index in [-0.39, 0.29) is 11.1 Å². The Morgan fingerprint density at radius 1 is 1.06 bits per heavy atom. The lowest BCUT2D eigenvalue weighted by Gasteiger charge is -2.44. The van der Waals surface area contributed by atoms with Crippen LogP contribution in [0.3, 0.4) is 0 Å². The van der Waals surface area contributed by atoms with Crippen molar-refractivity contribution in [2.45, 2.75) is 59.5 Å². The van der Waals surface area contributed by atoms with Gasteiger partial charge in [0.2, 0.25) is 0 Å². The number of imidazole rings is 1. The van der Waals surface area contributed by atoms with Crippen molar-refractivity contribution in [2.24, 2.45) is 7.05 Å². The second kappa shape index (κ2) is 4.13. The van der Waals surface area contributed by atoms with Gasteiger partial charge in [0.1, 0.15) is 5.82 Å². The van der Waals surface area contributed by atoms with E-state index in [2.05, 4.69) is 72.0 Å². The van der Waals surface area contributed by atoms with Crippen LogP contribution in [0.1, 0.15) is 51.8 Å². The van der Waals surface area contributed by atoms with Crippen LogP contribution in [0.5, 0.6) is 0 Å². The molecule has 1 rings (SSSR count). The summed E-state index contributed by atoms with van der Waals surface area (Å²) >= 11 is 0. The number of hydrogen-bond donors (Lipinski definition) is 0. The minimum atomic E-state index is -0.0774. The predicted octanol–water partition coefficient (Wildman–Crippen LogP) is 3.00. The first-order valence-electron chi connectivity index (χ1n) is 6.24. The predicted molar refractivity (Wildman–Crippen MR) is 73.2 cm³/mol. The number of rotatable bonds is 2. The number of nitrogens with zero attached hydrogens (tertiary/aromatic N) is 3. The molecule has 0 saturated carbocycles. The molecule has 1 aromatic heterocycles. The highest BCUT2D eigenvalue weighted by Crippen LogP contribution is 2.32. The van der Waals surface area contributed by atoms with Crippen molar-refractivity contribution in [1.82, 2.24) is 14.5 Å². The van der Waals surface area contributed by atoms with Gasteiger partial charge >= 0.3 is 0 Å². The average Bonchev–Trinajstić information content (AvgIpc) is 2.44. The maximum Gasteiger partial charge on any atom is 0.128 e. The molecule has 0 saturated heterocycles. The van der Waals surface area contributed by atoms with Crippen LogP contribution in [0.25, 0.3) is 0 Å². The summed E-state index contributed by atoms with van der Waals surface area (Å²) in [5.41, 5.74) is 2.41. The lowest BCUT2D eigenvalue weighted by atomic mass is 9.94. The Kier molecular flexibility index (Phi) is 3.45. The molecule has 0 unspecified atom stereocenters. The van der Waals surface area contributed by atoms with Gasteiger partial charge in [0.25, 0.3) is 0 Å². The number of aryl methyl sites for hydroxylation is 1. The summed E-state index contributed by atoms with van der Waals surface area (Å²) in [5.74, 6) is 1.13. The molecule has 3 nitrogen and oxygen atoms in total. The second-order valence-corrected chi connectivity index (χ2v) is 6.45. The lowest BCUT2D eigenvalue weighted by molar-refractivity contribution is 0.0465. The van der Waals surface area contributed by atoms with Crippen molar-refractivity contribution in [3.8, 4) is 0 Å². The normalized spacial score (nSPS) is 13.5. The van der Waals surface area contributed by atoms with Crippen LogP contribution < -0.4 is 0 Å². The molecule has 0 radical (unpaired) electrons. The smallest absolute Gasteiger partial charge is 0.128 e. The van der Waals surface area contributed by atoms with Crippen molar-refractivity contribution in [3.63, 3.8) is 0 Å². The summed E-state index contributed by atoms with van der Waals surface area (Å²) < 4.78 is 2.21. The lowest BCUT2D eigenvalue weighted by Crippen LogP contribution is -2.50. The van der Waals surface area contributed by atoms with Crippen molar-refractivity contribution in [1.29, 1.82) is 0 Å². The molecule has 1 aromatic rings. The van der Waals surface area contributed by atoms with Crippen molar-refractivity contribution >= 4 is 0 Å². The topological polar surface area (TPSA) is 21.1 Å². The Balaban J connectivity index is 3.26. The molecule has 1 heterocycles. The molecule has 0 N–H and O–H groups in total. The summed E-state index contributed by atoms with van der Waals surface area (Å²) in [6, 6.07) is 0. The Morgan fingerprint density at radius 2 is 1.53 bits per heavy atom. The monoisotopic (exact) mass is 237 g/mol. The average molecular weight is 237 g/mol. The van der Waals surface area contributed by atoms with E-state index in [0.717, 1.165) is 11.5 Å². The first kappa shape index (κ1) is 14.2. The highest BCUT2D eigenvalue weighted by Gasteiger charge is 2.36. The molecule has 0 amide bonds. The molecule has 0 aromatic carbocycles. The van der Waals surface area contributed by atoms with Gasteiger partial charge in [0.15, 0.2) is 0 Å².